The predicted molar refractivity (Wildman–Crippen MR) is 82.2 cm³/mol. The lowest BCUT2D eigenvalue weighted by Gasteiger charge is -2.11. The van der Waals surface area contributed by atoms with Gasteiger partial charge in [-0.15, -0.1) is 0 Å². The standard InChI is InChI=1S/C18H17F2NO2/c1-18(19,20)13-7-5-12(6-8-13)16(22)15-10-9-14(11-3-4-11)17(21-15)23-2/h5-11H,3-4H2,1-2H3. The van der Waals surface area contributed by atoms with Crippen LogP contribution in [-0.2, 0) is 5.92 Å². The predicted octanol–water partition coefficient (Wildman–Crippen LogP) is 4.31. The van der Waals surface area contributed by atoms with Crippen LogP contribution in [-0.4, -0.2) is 17.9 Å². The van der Waals surface area contributed by atoms with E-state index in [0.717, 1.165) is 25.3 Å². The van der Waals surface area contributed by atoms with Crippen molar-refractivity contribution in [3.05, 3.63) is 58.8 Å². The van der Waals surface area contributed by atoms with Crippen LogP contribution in [0.25, 0.3) is 0 Å². The number of nitrogens with zero attached hydrogens (tertiary/aromatic N) is 1. The van der Waals surface area contributed by atoms with Crippen LogP contribution < -0.4 is 4.74 Å². The van der Waals surface area contributed by atoms with Crippen molar-refractivity contribution in [3.8, 4) is 5.88 Å². The van der Waals surface area contributed by atoms with Gasteiger partial charge in [-0.25, -0.2) is 13.8 Å². The van der Waals surface area contributed by atoms with Crippen molar-refractivity contribution in [3.63, 3.8) is 0 Å². The zero-order valence-corrected chi connectivity index (χ0v) is 13.0. The monoisotopic (exact) mass is 317 g/mol. The normalized spacial score (nSPS) is 14.6. The molecule has 1 aromatic heterocycles. The minimum atomic E-state index is -2.92. The number of halogens is 2. The fourth-order valence-electron chi connectivity index (χ4n) is 2.51. The molecule has 1 heterocycles. The van der Waals surface area contributed by atoms with Crippen molar-refractivity contribution in [1.29, 1.82) is 0 Å². The van der Waals surface area contributed by atoms with Crippen molar-refractivity contribution >= 4 is 5.78 Å². The summed E-state index contributed by atoms with van der Waals surface area (Å²) in [5.41, 5.74) is 1.47. The van der Waals surface area contributed by atoms with E-state index >= 15 is 0 Å². The van der Waals surface area contributed by atoms with Crippen LogP contribution in [0, 0.1) is 0 Å². The Labute approximate surface area is 133 Å². The SMILES string of the molecule is COc1nc(C(=O)c2ccc(C(C)(F)F)cc2)ccc1C1CC1. The van der Waals surface area contributed by atoms with Crippen LogP contribution in [0.1, 0.15) is 52.9 Å². The van der Waals surface area contributed by atoms with Crippen molar-refractivity contribution < 1.29 is 18.3 Å². The molecule has 2 aromatic rings. The second-order valence-corrected chi connectivity index (χ2v) is 5.86. The van der Waals surface area contributed by atoms with E-state index in [4.69, 9.17) is 4.74 Å². The molecule has 120 valence electrons. The van der Waals surface area contributed by atoms with Crippen LogP contribution in [0.15, 0.2) is 36.4 Å². The second kappa shape index (κ2) is 5.72. The zero-order chi connectivity index (χ0) is 16.6. The fourth-order valence-corrected chi connectivity index (χ4v) is 2.51. The molecule has 0 bridgehead atoms. The summed E-state index contributed by atoms with van der Waals surface area (Å²) in [7, 11) is 1.53. The summed E-state index contributed by atoms with van der Waals surface area (Å²) in [6.07, 6.45) is 2.22. The van der Waals surface area contributed by atoms with Gasteiger partial charge in [0.1, 0.15) is 5.69 Å². The molecule has 0 aliphatic heterocycles. The van der Waals surface area contributed by atoms with E-state index in [1.807, 2.05) is 6.07 Å². The third-order valence-corrected chi connectivity index (χ3v) is 3.99. The van der Waals surface area contributed by atoms with E-state index < -0.39 is 5.92 Å². The number of carbonyl (C=O) groups is 1. The number of hydrogen-bond donors (Lipinski definition) is 0. The number of rotatable bonds is 5. The van der Waals surface area contributed by atoms with Gasteiger partial charge in [0, 0.05) is 23.6 Å². The Bertz CT molecular complexity index is 732. The summed E-state index contributed by atoms with van der Waals surface area (Å²) in [5, 5.41) is 0. The fraction of sp³-hybridized carbons (Fsp3) is 0.333. The number of ketones is 1. The van der Waals surface area contributed by atoms with Gasteiger partial charge in [-0.2, -0.15) is 0 Å². The summed E-state index contributed by atoms with van der Waals surface area (Å²) < 4.78 is 31.7. The first kappa shape index (κ1) is 15.6. The molecule has 1 aromatic carbocycles. The molecule has 0 N–H and O–H groups in total. The van der Waals surface area contributed by atoms with Crippen molar-refractivity contribution in [2.75, 3.05) is 7.11 Å². The number of carbonyl (C=O) groups excluding carboxylic acids is 1. The number of alkyl halides is 2. The van der Waals surface area contributed by atoms with Crippen molar-refractivity contribution in [2.45, 2.75) is 31.6 Å². The smallest absolute Gasteiger partial charge is 0.270 e. The average molecular weight is 317 g/mol. The van der Waals surface area contributed by atoms with Gasteiger partial charge < -0.3 is 4.74 Å². The number of benzene rings is 1. The number of hydrogen-bond acceptors (Lipinski definition) is 3. The van der Waals surface area contributed by atoms with Gasteiger partial charge in [0.15, 0.2) is 0 Å². The molecular formula is C18H17F2NO2. The molecule has 0 radical (unpaired) electrons. The van der Waals surface area contributed by atoms with E-state index in [2.05, 4.69) is 4.98 Å². The highest BCUT2D eigenvalue weighted by atomic mass is 19.3. The van der Waals surface area contributed by atoms with E-state index in [1.165, 1.54) is 31.4 Å². The average Bonchev–Trinajstić information content (AvgIpc) is 3.37. The molecule has 0 unspecified atom stereocenters. The van der Waals surface area contributed by atoms with Gasteiger partial charge in [-0.3, -0.25) is 4.79 Å². The highest BCUT2D eigenvalue weighted by Crippen LogP contribution is 2.43. The lowest BCUT2D eigenvalue weighted by Crippen LogP contribution is -2.09. The molecule has 5 heteroatoms. The van der Waals surface area contributed by atoms with E-state index in [0.29, 0.717) is 17.4 Å². The van der Waals surface area contributed by atoms with Crippen LogP contribution in [0.4, 0.5) is 8.78 Å². The molecule has 3 rings (SSSR count). The Morgan fingerprint density at radius 1 is 1.17 bits per heavy atom. The maximum atomic E-state index is 13.2. The first-order valence-electron chi connectivity index (χ1n) is 7.48. The first-order chi connectivity index (χ1) is 10.9. The number of pyridine rings is 1. The summed E-state index contributed by atoms with van der Waals surface area (Å²) >= 11 is 0. The topological polar surface area (TPSA) is 39.2 Å². The molecular weight excluding hydrogens is 300 g/mol. The number of ether oxygens (including phenoxy) is 1. The van der Waals surface area contributed by atoms with Crippen LogP contribution in [0.2, 0.25) is 0 Å². The second-order valence-electron chi connectivity index (χ2n) is 5.86. The van der Waals surface area contributed by atoms with Crippen LogP contribution >= 0.6 is 0 Å². The molecule has 1 aliphatic carbocycles. The quantitative estimate of drug-likeness (QED) is 0.771. The largest absolute Gasteiger partial charge is 0.481 e. The van der Waals surface area contributed by atoms with Gasteiger partial charge >= 0.3 is 0 Å². The lowest BCUT2D eigenvalue weighted by molar-refractivity contribution is 0.0174. The molecule has 0 atom stereocenters. The van der Waals surface area contributed by atoms with E-state index in [-0.39, 0.29) is 17.0 Å². The van der Waals surface area contributed by atoms with Crippen LogP contribution in [0.3, 0.4) is 0 Å². The number of aromatic nitrogens is 1. The van der Waals surface area contributed by atoms with Crippen molar-refractivity contribution in [1.82, 2.24) is 4.98 Å². The van der Waals surface area contributed by atoms with Gasteiger partial charge in [0.25, 0.3) is 5.92 Å². The Morgan fingerprint density at radius 2 is 1.83 bits per heavy atom. The molecule has 1 saturated carbocycles. The van der Waals surface area contributed by atoms with Gasteiger partial charge in [0.05, 0.1) is 7.11 Å². The van der Waals surface area contributed by atoms with Crippen LogP contribution in [0.5, 0.6) is 5.88 Å². The summed E-state index contributed by atoms with van der Waals surface area (Å²) in [5.74, 6) is -2.30. The van der Waals surface area contributed by atoms with E-state index in [1.54, 1.807) is 6.07 Å². The zero-order valence-electron chi connectivity index (χ0n) is 13.0. The van der Waals surface area contributed by atoms with Gasteiger partial charge in [-0.1, -0.05) is 30.3 Å². The van der Waals surface area contributed by atoms with Gasteiger partial charge in [-0.05, 0) is 24.8 Å². The molecule has 0 spiro atoms. The third kappa shape index (κ3) is 3.23. The first-order valence-corrected chi connectivity index (χ1v) is 7.48. The van der Waals surface area contributed by atoms with Crippen molar-refractivity contribution in [2.24, 2.45) is 0 Å². The third-order valence-electron chi connectivity index (χ3n) is 3.99. The van der Waals surface area contributed by atoms with E-state index in [9.17, 15) is 13.6 Å². The minimum absolute atomic E-state index is 0.122. The molecule has 0 amide bonds. The summed E-state index contributed by atoms with van der Waals surface area (Å²) in [4.78, 5) is 16.7. The summed E-state index contributed by atoms with van der Waals surface area (Å²) in [6.45, 7) is 0.826. The Hall–Kier alpha value is -2.30. The minimum Gasteiger partial charge on any atom is -0.481 e. The highest BCUT2D eigenvalue weighted by molar-refractivity contribution is 6.07. The highest BCUT2D eigenvalue weighted by Gasteiger charge is 2.28. The molecule has 23 heavy (non-hydrogen) atoms. The number of methoxy groups -OCH3 is 1. The maximum Gasteiger partial charge on any atom is 0.270 e. The summed E-state index contributed by atoms with van der Waals surface area (Å²) in [6, 6.07) is 8.87. The lowest BCUT2D eigenvalue weighted by atomic mass is 10.0. The molecule has 0 saturated heterocycles. The van der Waals surface area contributed by atoms with Gasteiger partial charge in [0.2, 0.25) is 11.7 Å². The molecule has 1 fully saturated rings. The Kier molecular flexibility index (Phi) is 3.88. The Balaban J connectivity index is 1.88. The molecule has 1 aliphatic rings. The maximum absolute atomic E-state index is 13.2. The Morgan fingerprint density at radius 3 is 2.35 bits per heavy atom. The molecule has 3 nitrogen and oxygen atoms in total.